The maximum Gasteiger partial charge on any atom is 0.276 e. The molecule has 2 aromatic carbocycles. The van der Waals surface area contributed by atoms with Crippen LogP contribution in [0.4, 0.5) is 17.2 Å². The number of hydrogen-bond acceptors (Lipinski definition) is 6. The number of anilines is 3. The van der Waals surface area contributed by atoms with Crippen molar-refractivity contribution in [2.45, 2.75) is 6.92 Å². The van der Waals surface area contributed by atoms with Crippen LogP contribution in [0.15, 0.2) is 54.6 Å². The van der Waals surface area contributed by atoms with Crippen molar-refractivity contribution in [2.75, 3.05) is 24.9 Å². The van der Waals surface area contributed by atoms with Gasteiger partial charge in [-0.25, -0.2) is 0 Å². The molecule has 0 bridgehead atoms. The molecule has 0 saturated heterocycles. The van der Waals surface area contributed by atoms with E-state index in [2.05, 4.69) is 20.8 Å². The van der Waals surface area contributed by atoms with E-state index in [0.717, 1.165) is 5.69 Å². The van der Waals surface area contributed by atoms with Gasteiger partial charge in [-0.15, -0.1) is 10.2 Å². The van der Waals surface area contributed by atoms with Gasteiger partial charge in [0.2, 0.25) is 0 Å². The summed E-state index contributed by atoms with van der Waals surface area (Å²) in [5.74, 6) is 1.29. The molecule has 3 rings (SSSR count). The Bertz CT molecular complexity index is 925. The van der Waals surface area contributed by atoms with Gasteiger partial charge >= 0.3 is 0 Å². The number of aromatic nitrogens is 2. The first-order chi connectivity index (χ1) is 13.1. The zero-order valence-corrected chi connectivity index (χ0v) is 15.3. The molecular weight excluding hydrogens is 344 g/mol. The highest BCUT2D eigenvalue weighted by Gasteiger charge is 2.13. The Balaban J connectivity index is 1.71. The minimum Gasteiger partial charge on any atom is -0.497 e. The minimum absolute atomic E-state index is 0.189. The number of nitrogens with one attached hydrogen (secondary N) is 2. The number of amides is 1. The topological polar surface area (TPSA) is 85.4 Å². The summed E-state index contributed by atoms with van der Waals surface area (Å²) in [6.45, 7) is 2.02. The zero-order valence-electron chi connectivity index (χ0n) is 15.3. The van der Waals surface area contributed by atoms with Crippen molar-refractivity contribution in [3.8, 4) is 11.5 Å². The molecule has 0 fully saturated rings. The second kappa shape index (κ2) is 8.18. The van der Waals surface area contributed by atoms with Crippen molar-refractivity contribution in [3.05, 3.63) is 65.9 Å². The van der Waals surface area contributed by atoms with E-state index in [1.54, 1.807) is 37.4 Å². The molecule has 0 spiro atoms. The quantitative estimate of drug-likeness (QED) is 0.692. The van der Waals surface area contributed by atoms with E-state index in [1.807, 2.05) is 31.2 Å². The fourth-order valence-electron chi connectivity index (χ4n) is 2.40. The Morgan fingerprint density at radius 1 is 0.926 bits per heavy atom. The Kier molecular flexibility index (Phi) is 5.51. The van der Waals surface area contributed by atoms with E-state index < -0.39 is 5.91 Å². The molecule has 0 aliphatic rings. The lowest BCUT2D eigenvalue weighted by Gasteiger charge is -2.11. The molecule has 0 unspecified atom stereocenters. The van der Waals surface area contributed by atoms with E-state index in [9.17, 15) is 4.79 Å². The van der Waals surface area contributed by atoms with Crippen molar-refractivity contribution in [1.29, 1.82) is 0 Å². The van der Waals surface area contributed by atoms with Gasteiger partial charge in [0.1, 0.15) is 11.5 Å². The first-order valence-electron chi connectivity index (χ1n) is 8.30. The number of benzene rings is 2. The van der Waals surface area contributed by atoms with Gasteiger partial charge in [-0.2, -0.15) is 0 Å². The van der Waals surface area contributed by atoms with Crippen LogP contribution in [-0.4, -0.2) is 30.3 Å². The van der Waals surface area contributed by atoms with Crippen LogP contribution in [0.25, 0.3) is 0 Å². The van der Waals surface area contributed by atoms with Crippen molar-refractivity contribution in [2.24, 2.45) is 0 Å². The molecular formula is C20H20N4O3. The summed E-state index contributed by atoms with van der Waals surface area (Å²) in [5, 5.41) is 13.9. The minimum atomic E-state index is -0.393. The predicted molar refractivity (Wildman–Crippen MR) is 104 cm³/mol. The molecule has 3 aromatic rings. The summed E-state index contributed by atoms with van der Waals surface area (Å²) >= 11 is 0. The summed E-state index contributed by atoms with van der Waals surface area (Å²) in [6, 6.07) is 16.3. The smallest absolute Gasteiger partial charge is 0.276 e. The van der Waals surface area contributed by atoms with Gasteiger partial charge in [-0.3, -0.25) is 4.79 Å². The van der Waals surface area contributed by atoms with Crippen LogP contribution in [0.2, 0.25) is 0 Å². The largest absolute Gasteiger partial charge is 0.497 e. The zero-order chi connectivity index (χ0) is 19.2. The number of hydrogen-bond donors (Lipinski definition) is 2. The summed E-state index contributed by atoms with van der Waals surface area (Å²) in [6.07, 6.45) is 0. The van der Waals surface area contributed by atoms with Crippen LogP contribution >= 0.6 is 0 Å². The van der Waals surface area contributed by atoms with Gasteiger partial charge in [0.25, 0.3) is 5.91 Å². The molecule has 138 valence electrons. The highest BCUT2D eigenvalue weighted by molar-refractivity contribution is 6.03. The molecule has 0 saturated carbocycles. The summed E-state index contributed by atoms with van der Waals surface area (Å²) < 4.78 is 10.4. The average molecular weight is 364 g/mol. The molecule has 0 aliphatic carbocycles. The highest BCUT2D eigenvalue weighted by atomic mass is 16.5. The molecule has 1 aromatic heterocycles. The van der Waals surface area contributed by atoms with Gasteiger partial charge in [-0.05, 0) is 43.3 Å². The van der Waals surface area contributed by atoms with Crippen molar-refractivity contribution >= 4 is 23.1 Å². The first-order valence-corrected chi connectivity index (χ1v) is 8.30. The fraction of sp³-hybridized carbons (Fsp3) is 0.150. The molecule has 1 amide bonds. The average Bonchev–Trinajstić information content (AvgIpc) is 2.70. The third-order valence-electron chi connectivity index (χ3n) is 3.88. The Morgan fingerprint density at radius 2 is 1.70 bits per heavy atom. The predicted octanol–water partition coefficient (Wildman–Crippen LogP) is 3.80. The number of nitrogens with zero attached hydrogens (tertiary/aromatic N) is 2. The molecule has 7 heteroatoms. The standard InChI is InChI=1S/C20H20N4O3/c1-13-4-6-14(7-5-13)21-19-11-9-16(23-24-19)20(25)22-17-12-15(26-2)8-10-18(17)27-3/h4-12H,1-3H3,(H,21,24)(H,22,25). The van der Waals surface area contributed by atoms with Crippen LogP contribution in [0, 0.1) is 6.92 Å². The second-order valence-corrected chi connectivity index (χ2v) is 5.82. The van der Waals surface area contributed by atoms with Crippen LogP contribution in [0.3, 0.4) is 0 Å². The second-order valence-electron chi connectivity index (χ2n) is 5.82. The molecule has 0 radical (unpaired) electrons. The lowest BCUT2D eigenvalue weighted by Crippen LogP contribution is -2.15. The van der Waals surface area contributed by atoms with Gasteiger partial charge in [0, 0.05) is 11.8 Å². The van der Waals surface area contributed by atoms with Gasteiger partial charge in [-0.1, -0.05) is 17.7 Å². The summed E-state index contributed by atoms with van der Waals surface area (Å²) in [4.78, 5) is 12.5. The molecule has 1 heterocycles. The summed E-state index contributed by atoms with van der Waals surface area (Å²) in [5.41, 5.74) is 2.75. The Morgan fingerprint density at radius 3 is 2.33 bits per heavy atom. The van der Waals surface area contributed by atoms with E-state index in [4.69, 9.17) is 9.47 Å². The highest BCUT2D eigenvalue weighted by Crippen LogP contribution is 2.29. The van der Waals surface area contributed by atoms with Crippen LogP contribution in [0.5, 0.6) is 11.5 Å². The van der Waals surface area contributed by atoms with Crippen LogP contribution < -0.4 is 20.1 Å². The third-order valence-corrected chi connectivity index (χ3v) is 3.88. The number of carbonyl (C=O) groups is 1. The van der Waals surface area contributed by atoms with Crippen LogP contribution in [0.1, 0.15) is 16.1 Å². The van der Waals surface area contributed by atoms with E-state index in [0.29, 0.717) is 23.0 Å². The Labute approximate surface area is 157 Å². The monoisotopic (exact) mass is 364 g/mol. The normalized spacial score (nSPS) is 10.2. The summed E-state index contributed by atoms with van der Waals surface area (Å²) in [7, 11) is 3.08. The van der Waals surface area contributed by atoms with Crippen molar-refractivity contribution in [1.82, 2.24) is 10.2 Å². The molecule has 0 atom stereocenters. The lowest BCUT2D eigenvalue weighted by molar-refractivity contribution is 0.102. The van der Waals surface area contributed by atoms with Crippen molar-refractivity contribution in [3.63, 3.8) is 0 Å². The van der Waals surface area contributed by atoms with Crippen LogP contribution in [-0.2, 0) is 0 Å². The van der Waals surface area contributed by atoms with Crippen molar-refractivity contribution < 1.29 is 14.3 Å². The number of carbonyl (C=O) groups excluding carboxylic acids is 1. The Hall–Kier alpha value is -3.61. The third kappa shape index (κ3) is 4.52. The molecule has 0 aliphatic heterocycles. The number of aryl methyl sites for hydroxylation is 1. The lowest BCUT2D eigenvalue weighted by atomic mass is 10.2. The van der Waals surface area contributed by atoms with E-state index in [1.165, 1.54) is 12.7 Å². The van der Waals surface area contributed by atoms with Gasteiger partial charge in [0.15, 0.2) is 11.5 Å². The first kappa shape index (κ1) is 18.2. The van der Waals surface area contributed by atoms with E-state index >= 15 is 0 Å². The molecule has 27 heavy (non-hydrogen) atoms. The number of methoxy groups -OCH3 is 2. The SMILES string of the molecule is COc1ccc(OC)c(NC(=O)c2ccc(Nc3ccc(C)cc3)nn2)c1. The fourth-order valence-corrected chi connectivity index (χ4v) is 2.40. The van der Waals surface area contributed by atoms with Gasteiger partial charge < -0.3 is 20.1 Å². The molecule has 7 nitrogen and oxygen atoms in total. The van der Waals surface area contributed by atoms with Gasteiger partial charge in [0.05, 0.1) is 19.9 Å². The maximum absolute atomic E-state index is 12.5. The number of rotatable bonds is 6. The maximum atomic E-state index is 12.5. The van der Waals surface area contributed by atoms with E-state index in [-0.39, 0.29) is 5.69 Å². The number of ether oxygens (including phenoxy) is 2. The molecule has 2 N–H and O–H groups in total.